The van der Waals surface area contributed by atoms with Crippen LogP contribution in [0.4, 0.5) is 9.18 Å². The molecule has 2 saturated heterocycles. The number of hydrogen-bond donors (Lipinski definition) is 2. The van der Waals surface area contributed by atoms with Crippen molar-refractivity contribution in [2.45, 2.75) is 18.9 Å². The molecule has 4 rings (SSSR count). The molecule has 1 unspecified atom stereocenters. The molecular formula is C24H26FN5O4. The molecule has 2 heterocycles. The number of carbonyl (C=O) groups excluding carboxylic acids is 4. The Kier molecular flexibility index (Phi) is 6.60. The van der Waals surface area contributed by atoms with Gasteiger partial charge in [-0.25, -0.2) is 9.18 Å². The third-order valence-electron chi connectivity index (χ3n) is 6.26. The second-order valence-electron chi connectivity index (χ2n) is 8.28. The van der Waals surface area contributed by atoms with Gasteiger partial charge in [-0.1, -0.05) is 49.4 Å². The van der Waals surface area contributed by atoms with Crippen LogP contribution in [-0.2, 0) is 15.1 Å². The van der Waals surface area contributed by atoms with Crippen molar-refractivity contribution in [3.8, 4) is 0 Å². The molecule has 0 aliphatic carbocycles. The molecule has 178 valence electrons. The maximum atomic E-state index is 13.9. The van der Waals surface area contributed by atoms with Gasteiger partial charge in [0.15, 0.2) is 0 Å². The van der Waals surface area contributed by atoms with Crippen molar-refractivity contribution in [2.75, 3.05) is 32.7 Å². The van der Waals surface area contributed by atoms with Gasteiger partial charge >= 0.3 is 6.03 Å². The molecule has 0 aromatic heterocycles. The number of hydrazine groups is 1. The summed E-state index contributed by atoms with van der Waals surface area (Å²) in [5.74, 6) is -2.02. The lowest BCUT2D eigenvalue weighted by Crippen LogP contribution is -2.54. The molecule has 2 aliphatic heterocycles. The Morgan fingerprint density at radius 3 is 2.29 bits per heavy atom. The molecule has 10 heteroatoms. The Labute approximate surface area is 196 Å². The molecular weight excluding hydrogens is 441 g/mol. The van der Waals surface area contributed by atoms with Gasteiger partial charge in [0.2, 0.25) is 0 Å². The van der Waals surface area contributed by atoms with E-state index in [0.717, 1.165) is 5.01 Å². The molecule has 9 nitrogen and oxygen atoms in total. The number of benzene rings is 2. The zero-order valence-corrected chi connectivity index (χ0v) is 18.8. The average molecular weight is 468 g/mol. The van der Waals surface area contributed by atoms with Crippen LogP contribution >= 0.6 is 0 Å². The van der Waals surface area contributed by atoms with E-state index in [4.69, 9.17) is 0 Å². The number of amides is 5. The van der Waals surface area contributed by atoms with Gasteiger partial charge in [-0.3, -0.25) is 24.7 Å². The smallest absolute Gasteiger partial charge is 0.336 e. The number of hydrogen-bond acceptors (Lipinski definition) is 5. The van der Waals surface area contributed by atoms with Gasteiger partial charge in [-0.15, -0.1) is 0 Å². The molecule has 0 spiro atoms. The summed E-state index contributed by atoms with van der Waals surface area (Å²) in [5.41, 5.74) is 1.84. The van der Waals surface area contributed by atoms with Crippen LogP contribution in [0.1, 0.15) is 29.3 Å². The first-order valence-corrected chi connectivity index (χ1v) is 11.1. The summed E-state index contributed by atoms with van der Waals surface area (Å²) in [6.07, 6.45) is 0.325. The highest BCUT2D eigenvalue weighted by molar-refractivity contribution is 6.08. The van der Waals surface area contributed by atoms with Crippen LogP contribution in [0, 0.1) is 5.82 Å². The van der Waals surface area contributed by atoms with Gasteiger partial charge in [0.25, 0.3) is 17.7 Å². The fraction of sp³-hybridized carbons (Fsp3) is 0.333. The van der Waals surface area contributed by atoms with Crippen LogP contribution in [0.3, 0.4) is 0 Å². The summed E-state index contributed by atoms with van der Waals surface area (Å²) in [4.78, 5) is 54.2. The van der Waals surface area contributed by atoms with Gasteiger partial charge in [0, 0.05) is 26.2 Å². The standard InChI is InChI=1S/C24H26FN5O4/c1-2-24(17-8-4-3-5-9-17)22(33)30(23(34)26-24)27-20(31)16-28-12-14-29(15-13-28)21(32)18-10-6-7-11-19(18)25/h3-11H,2,12-16H2,1H3,(H,26,34)(H,27,31). The first-order valence-electron chi connectivity index (χ1n) is 11.1. The van der Waals surface area contributed by atoms with Crippen molar-refractivity contribution in [2.24, 2.45) is 0 Å². The average Bonchev–Trinajstić information content (AvgIpc) is 3.10. The topological polar surface area (TPSA) is 102 Å². The molecule has 34 heavy (non-hydrogen) atoms. The number of nitrogens with one attached hydrogen (secondary N) is 2. The highest BCUT2D eigenvalue weighted by Crippen LogP contribution is 2.31. The molecule has 2 aliphatic rings. The number of urea groups is 1. The molecule has 5 amide bonds. The lowest BCUT2D eigenvalue weighted by molar-refractivity contribution is -0.140. The van der Waals surface area contributed by atoms with E-state index in [1.807, 2.05) is 11.0 Å². The van der Waals surface area contributed by atoms with E-state index in [2.05, 4.69) is 10.7 Å². The van der Waals surface area contributed by atoms with Gasteiger partial charge in [0.05, 0.1) is 12.1 Å². The Morgan fingerprint density at radius 2 is 1.65 bits per heavy atom. The van der Waals surface area contributed by atoms with Crippen molar-refractivity contribution >= 4 is 23.8 Å². The molecule has 0 bridgehead atoms. The zero-order chi connectivity index (χ0) is 24.3. The van der Waals surface area contributed by atoms with Crippen LogP contribution in [-0.4, -0.2) is 71.3 Å². The number of carbonyl (C=O) groups is 4. The second kappa shape index (κ2) is 9.60. The summed E-state index contributed by atoms with van der Waals surface area (Å²) in [7, 11) is 0. The van der Waals surface area contributed by atoms with Crippen LogP contribution in [0.5, 0.6) is 0 Å². The summed E-state index contributed by atoms with van der Waals surface area (Å²) < 4.78 is 13.9. The van der Waals surface area contributed by atoms with E-state index in [0.29, 0.717) is 38.2 Å². The summed E-state index contributed by atoms with van der Waals surface area (Å²) >= 11 is 0. The van der Waals surface area contributed by atoms with Gasteiger partial charge in [-0.2, -0.15) is 5.01 Å². The Balaban J connectivity index is 1.33. The highest BCUT2D eigenvalue weighted by atomic mass is 19.1. The SMILES string of the molecule is CCC1(c2ccccc2)NC(=O)N(NC(=O)CN2CCN(C(=O)c3ccccc3F)CC2)C1=O. The van der Waals surface area contributed by atoms with Crippen molar-refractivity contribution in [1.29, 1.82) is 0 Å². The first-order chi connectivity index (χ1) is 16.4. The van der Waals surface area contributed by atoms with Crippen LogP contribution < -0.4 is 10.7 Å². The molecule has 0 saturated carbocycles. The second-order valence-corrected chi connectivity index (χ2v) is 8.28. The van der Waals surface area contributed by atoms with Gasteiger partial charge in [-0.05, 0) is 24.1 Å². The van der Waals surface area contributed by atoms with E-state index in [9.17, 15) is 23.6 Å². The van der Waals surface area contributed by atoms with Crippen LogP contribution in [0.2, 0.25) is 0 Å². The van der Waals surface area contributed by atoms with Gasteiger partial charge < -0.3 is 10.2 Å². The van der Waals surface area contributed by atoms with Crippen molar-refractivity contribution in [3.05, 3.63) is 71.5 Å². The molecule has 2 fully saturated rings. The minimum Gasteiger partial charge on any atom is -0.336 e. The Hall–Kier alpha value is -3.79. The number of nitrogens with zero attached hydrogens (tertiary/aromatic N) is 3. The molecule has 2 N–H and O–H groups in total. The maximum absolute atomic E-state index is 13.9. The Morgan fingerprint density at radius 1 is 1.00 bits per heavy atom. The number of imide groups is 1. The summed E-state index contributed by atoms with van der Waals surface area (Å²) in [5, 5.41) is 3.45. The lowest BCUT2D eigenvalue weighted by atomic mass is 9.87. The predicted octanol–water partition coefficient (Wildman–Crippen LogP) is 1.47. The van der Waals surface area contributed by atoms with E-state index in [-0.39, 0.29) is 12.1 Å². The quantitative estimate of drug-likeness (QED) is 0.627. The van der Waals surface area contributed by atoms with Crippen molar-refractivity contribution < 1.29 is 23.6 Å². The molecule has 2 aromatic rings. The highest BCUT2D eigenvalue weighted by Gasteiger charge is 2.52. The number of piperazine rings is 1. The normalized spacial score (nSPS) is 20.9. The van der Waals surface area contributed by atoms with E-state index in [1.54, 1.807) is 42.2 Å². The lowest BCUT2D eigenvalue weighted by Gasteiger charge is -2.34. The Bertz CT molecular complexity index is 1100. The minimum atomic E-state index is -1.23. The maximum Gasteiger partial charge on any atom is 0.344 e. The van der Waals surface area contributed by atoms with E-state index in [1.165, 1.54) is 18.2 Å². The third kappa shape index (κ3) is 4.36. The third-order valence-corrected chi connectivity index (χ3v) is 6.26. The van der Waals surface area contributed by atoms with Gasteiger partial charge in [0.1, 0.15) is 11.4 Å². The minimum absolute atomic E-state index is 0.0186. The summed E-state index contributed by atoms with van der Waals surface area (Å²) in [6.45, 7) is 3.20. The van der Waals surface area contributed by atoms with Crippen molar-refractivity contribution in [3.63, 3.8) is 0 Å². The zero-order valence-electron chi connectivity index (χ0n) is 18.8. The van der Waals surface area contributed by atoms with Crippen LogP contribution in [0.15, 0.2) is 54.6 Å². The monoisotopic (exact) mass is 467 g/mol. The molecule has 2 aromatic carbocycles. The molecule has 0 radical (unpaired) electrons. The van der Waals surface area contributed by atoms with E-state index >= 15 is 0 Å². The summed E-state index contributed by atoms with van der Waals surface area (Å²) in [6, 6.07) is 14.0. The van der Waals surface area contributed by atoms with E-state index < -0.39 is 35.1 Å². The fourth-order valence-corrected chi connectivity index (χ4v) is 4.32. The predicted molar refractivity (Wildman–Crippen MR) is 121 cm³/mol. The number of halogens is 1. The largest absolute Gasteiger partial charge is 0.344 e. The van der Waals surface area contributed by atoms with Crippen molar-refractivity contribution in [1.82, 2.24) is 25.6 Å². The first kappa shape index (κ1) is 23.4. The molecule has 1 atom stereocenters. The number of rotatable bonds is 6. The van der Waals surface area contributed by atoms with Crippen LogP contribution in [0.25, 0.3) is 0 Å². The fourth-order valence-electron chi connectivity index (χ4n) is 4.32.